The van der Waals surface area contributed by atoms with Gasteiger partial charge in [-0.3, -0.25) is 0 Å². The van der Waals surface area contributed by atoms with Gasteiger partial charge in [0, 0.05) is 0 Å². The molecule has 1 unspecified atom stereocenters. The molecule has 0 N–H and O–H groups in total. The first-order valence-corrected chi connectivity index (χ1v) is 5.78. The Labute approximate surface area is 88.5 Å². The molecule has 0 aromatic carbocycles. The lowest BCUT2D eigenvalue weighted by atomic mass is 9.75. The molecule has 0 amide bonds. The Morgan fingerprint density at radius 2 is 2.07 bits per heavy atom. The number of allylic oxidation sites excluding steroid dienone is 1. The molecule has 1 heteroatoms. The average Bonchev–Trinajstić information content (AvgIpc) is 2.40. The molecule has 0 radical (unpaired) electrons. The molecule has 1 nitrogen and oxygen atoms in total. The van der Waals surface area contributed by atoms with Crippen LogP contribution in [0.1, 0.15) is 52.9 Å². The zero-order chi connectivity index (χ0) is 10.7. The minimum Gasteiger partial charge on any atom is -0.375 e. The number of hydrogen-bond acceptors (Lipinski definition) is 1. The predicted molar refractivity (Wildman–Crippen MR) is 61.4 cm³/mol. The Balaban J connectivity index is 2.59. The van der Waals surface area contributed by atoms with E-state index in [1.807, 2.05) is 6.08 Å². The summed E-state index contributed by atoms with van der Waals surface area (Å²) >= 11 is 0. The third-order valence-corrected chi connectivity index (χ3v) is 3.23. The number of ether oxygens (including phenoxy) is 1. The molecule has 1 saturated heterocycles. The van der Waals surface area contributed by atoms with E-state index in [9.17, 15) is 0 Å². The van der Waals surface area contributed by atoms with Gasteiger partial charge in [-0.05, 0) is 44.9 Å². The molecule has 0 saturated carbocycles. The van der Waals surface area contributed by atoms with Crippen LogP contribution in [0.5, 0.6) is 0 Å². The molecule has 0 bridgehead atoms. The van der Waals surface area contributed by atoms with Gasteiger partial charge < -0.3 is 4.74 Å². The SMILES string of the molecule is C=CCCC1(CCC)COC(C)(C)C1. The molecule has 0 aromatic rings. The van der Waals surface area contributed by atoms with Gasteiger partial charge in [-0.15, -0.1) is 6.58 Å². The molecule has 0 aromatic heterocycles. The molecule has 14 heavy (non-hydrogen) atoms. The molecule has 1 heterocycles. The van der Waals surface area contributed by atoms with Gasteiger partial charge in [-0.25, -0.2) is 0 Å². The zero-order valence-corrected chi connectivity index (χ0v) is 9.94. The Kier molecular flexibility index (Phi) is 3.77. The van der Waals surface area contributed by atoms with E-state index in [2.05, 4.69) is 27.4 Å². The van der Waals surface area contributed by atoms with Crippen molar-refractivity contribution in [1.29, 1.82) is 0 Å². The first-order valence-electron chi connectivity index (χ1n) is 5.78. The van der Waals surface area contributed by atoms with Crippen molar-refractivity contribution in [2.24, 2.45) is 5.41 Å². The highest BCUT2D eigenvalue weighted by Crippen LogP contribution is 2.45. The average molecular weight is 196 g/mol. The van der Waals surface area contributed by atoms with Crippen molar-refractivity contribution in [2.75, 3.05) is 6.61 Å². The summed E-state index contributed by atoms with van der Waals surface area (Å²) < 4.78 is 5.87. The van der Waals surface area contributed by atoms with Gasteiger partial charge in [0.25, 0.3) is 0 Å². The van der Waals surface area contributed by atoms with Crippen LogP contribution >= 0.6 is 0 Å². The van der Waals surface area contributed by atoms with Gasteiger partial charge in [-0.1, -0.05) is 19.4 Å². The summed E-state index contributed by atoms with van der Waals surface area (Å²) in [6.07, 6.45) is 8.17. The normalized spacial score (nSPS) is 30.5. The van der Waals surface area contributed by atoms with E-state index in [0.717, 1.165) is 13.0 Å². The second-order valence-corrected chi connectivity index (χ2v) is 5.30. The van der Waals surface area contributed by atoms with Crippen LogP contribution in [-0.2, 0) is 4.74 Å². The van der Waals surface area contributed by atoms with Gasteiger partial charge >= 0.3 is 0 Å². The minimum atomic E-state index is 0.0936. The smallest absolute Gasteiger partial charge is 0.0632 e. The molecule has 1 fully saturated rings. The molecule has 0 aliphatic carbocycles. The van der Waals surface area contributed by atoms with Gasteiger partial charge in [-0.2, -0.15) is 0 Å². The van der Waals surface area contributed by atoms with Crippen LogP contribution in [-0.4, -0.2) is 12.2 Å². The fraction of sp³-hybridized carbons (Fsp3) is 0.846. The van der Waals surface area contributed by atoms with Crippen molar-refractivity contribution in [3.63, 3.8) is 0 Å². The summed E-state index contributed by atoms with van der Waals surface area (Å²) in [6.45, 7) is 11.4. The summed E-state index contributed by atoms with van der Waals surface area (Å²) in [7, 11) is 0. The first-order chi connectivity index (χ1) is 6.54. The van der Waals surface area contributed by atoms with Crippen molar-refractivity contribution in [3.8, 4) is 0 Å². The third-order valence-electron chi connectivity index (χ3n) is 3.23. The van der Waals surface area contributed by atoms with Crippen LogP contribution in [0.25, 0.3) is 0 Å². The van der Waals surface area contributed by atoms with Crippen LogP contribution in [0.2, 0.25) is 0 Å². The molecular formula is C13H24O. The van der Waals surface area contributed by atoms with Gasteiger partial charge in [0.2, 0.25) is 0 Å². The summed E-state index contributed by atoms with van der Waals surface area (Å²) in [6, 6.07) is 0. The monoisotopic (exact) mass is 196 g/mol. The van der Waals surface area contributed by atoms with E-state index >= 15 is 0 Å². The van der Waals surface area contributed by atoms with Gasteiger partial charge in [0.1, 0.15) is 0 Å². The maximum Gasteiger partial charge on any atom is 0.0632 e. The molecule has 1 aliphatic rings. The topological polar surface area (TPSA) is 9.23 Å². The van der Waals surface area contributed by atoms with E-state index in [1.165, 1.54) is 25.7 Å². The first kappa shape index (κ1) is 11.8. The number of rotatable bonds is 5. The van der Waals surface area contributed by atoms with Crippen LogP contribution in [0.4, 0.5) is 0 Å². The van der Waals surface area contributed by atoms with Crippen LogP contribution in [0.15, 0.2) is 12.7 Å². The molecule has 0 spiro atoms. The summed E-state index contributed by atoms with van der Waals surface area (Å²) in [5, 5.41) is 0. The Morgan fingerprint density at radius 3 is 2.50 bits per heavy atom. The van der Waals surface area contributed by atoms with E-state index in [-0.39, 0.29) is 5.60 Å². The van der Waals surface area contributed by atoms with Crippen molar-refractivity contribution < 1.29 is 4.74 Å². The van der Waals surface area contributed by atoms with E-state index < -0.39 is 0 Å². The number of hydrogen-bond donors (Lipinski definition) is 0. The van der Waals surface area contributed by atoms with Crippen molar-refractivity contribution in [1.82, 2.24) is 0 Å². The quantitative estimate of drug-likeness (QED) is 0.605. The second-order valence-electron chi connectivity index (χ2n) is 5.30. The Morgan fingerprint density at radius 1 is 1.36 bits per heavy atom. The highest BCUT2D eigenvalue weighted by molar-refractivity contribution is 4.93. The van der Waals surface area contributed by atoms with Gasteiger partial charge in [0.15, 0.2) is 0 Å². The molecular weight excluding hydrogens is 172 g/mol. The van der Waals surface area contributed by atoms with Crippen molar-refractivity contribution in [3.05, 3.63) is 12.7 Å². The largest absolute Gasteiger partial charge is 0.375 e. The summed E-state index contributed by atoms with van der Waals surface area (Å²) in [4.78, 5) is 0. The predicted octanol–water partition coefficient (Wildman–Crippen LogP) is 3.94. The standard InChI is InChI=1S/C13H24O/c1-5-7-9-13(8-6-2)10-12(3,4)14-11-13/h5H,1,6-11H2,2-4H3. The van der Waals surface area contributed by atoms with E-state index in [0.29, 0.717) is 5.41 Å². The zero-order valence-electron chi connectivity index (χ0n) is 9.94. The Bertz CT molecular complexity index is 195. The maximum absolute atomic E-state index is 5.87. The fourth-order valence-electron chi connectivity index (χ4n) is 2.74. The van der Waals surface area contributed by atoms with Crippen molar-refractivity contribution >= 4 is 0 Å². The molecule has 1 aliphatic heterocycles. The summed E-state index contributed by atoms with van der Waals surface area (Å²) in [5.74, 6) is 0. The maximum atomic E-state index is 5.87. The van der Waals surface area contributed by atoms with Crippen LogP contribution in [0.3, 0.4) is 0 Å². The lowest BCUT2D eigenvalue weighted by molar-refractivity contribution is 0.0300. The fourth-order valence-corrected chi connectivity index (χ4v) is 2.74. The van der Waals surface area contributed by atoms with E-state index in [4.69, 9.17) is 4.74 Å². The highest BCUT2D eigenvalue weighted by Gasteiger charge is 2.42. The second kappa shape index (κ2) is 4.48. The molecule has 1 rings (SSSR count). The molecule has 1 atom stereocenters. The minimum absolute atomic E-state index is 0.0936. The van der Waals surface area contributed by atoms with Crippen molar-refractivity contribution in [2.45, 2.75) is 58.5 Å². The molecule has 82 valence electrons. The van der Waals surface area contributed by atoms with Crippen LogP contribution < -0.4 is 0 Å². The Hall–Kier alpha value is -0.300. The van der Waals surface area contributed by atoms with E-state index in [1.54, 1.807) is 0 Å². The van der Waals surface area contributed by atoms with Crippen LogP contribution in [0, 0.1) is 5.41 Å². The highest BCUT2D eigenvalue weighted by atomic mass is 16.5. The van der Waals surface area contributed by atoms with Gasteiger partial charge in [0.05, 0.1) is 12.2 Å². The third kappa shape index (κ3) is 2.84. The lowest BCUT2D eigenvalue weighted by Gasteiger charge is -2.27. The lowest BCUT2D eigenvalue weighted by Crippen LogP contribution is -2.23. The summed E-state index contributed by atoms with van der Waals surface area (Å²) in [5.41, 5.74) is 0.531.